The maximum Gasteiger partial charge on any atom is 0.147 e. The molecule has 21 heavy (non-hydrogen) atoms. The van der Waals surface area contributed by atoms with Crippen molar-refractivity contribution in [3.05, 3.63) is 59.4 Å². The molecule has 0 radical (unpaired) electrons. The summed E-state index contributed by atoms with van der Waals surface area (Å²) in [5.41, 5.74) is 9.74. The lowest BCUT2D eigenvalue weighted by Crippen LogP contribution is -2.19. The van der Waals surface area contributed by atoms with Gasteiger partial charge in [-0.15, -0.1) is 0 Å². The van der Waals surface area contributed by atoms with Gasteiger partial charge in [-0.25, -0.2) is 4.39 Å². The van der Waals surface area contributed by atoms with E-state index in [1.807, 2.05) is 25.1 Å². The summed E-state index contributed by atoms with van der Waals surface area (Å²) >= 11 is 0. The maximum atomic E-state index is 14.5. The van der Waals surface area contributed by atoms with Crippen molar-refractivity contribution in [2.75, 3.05) is 11.4 Å². The molecule has 1 aliphatic heterocycles. The van der Waals surface area contributed by atoms with E-state index in [0.29, 0.717) is 5.69 Å². The topological polar surface area (TPSA) is 29.3 Å². The van der Waals surface area contributed by atoms with E-state index in [9.17, 15) is 4.39 Å². The Labute approximate surface area is 125 Å². The largest absolute Gasteiger partial charge is 0.339 e. The fourth-order valence-corrected chi connectivity index (χ4v) is 2.97. The van der Waals surface area contributed by atoms with Gasteiger partial charge in [0.15, 0.2) is 0 Å². The van der Waals surface area contributed by atoms with Crippen molar-refractivity contribution in [2.24, 2.45) is 5.73 Å². The summed E-state index contributed by atoms with van der Waals surface area (Å²) in [6, 6.07) is 13.5. The van der Waals surface area contributed by atoms with E-state index >= 15 is 0 Å². The molecule has 1 heterocycles. The van der Waals surface area contributed by atoms with Crippen LogP contribution in [0.3, 0.4) is 0 Å². The monoisotopic (exact) mass is 284 g/mol. The minimum Gasteiger partial charge on any atom is -0.339 e. The van der Waals surface area contributed by atoms with Crippen LogP contribution in [0.2, 0.25) is 0 Å². The number of benzene rings is 2. The average molecular weight is 284 g/mol. The highest BCUT2D eigenvalue weighted by molar-refractivity contribution is 5.67. The van der Waals surface area contributed by atoms with Crippen LogP contribution >= 0.6 is 0 Å². The van der Waals surface area contributed by atoms with E-state index in [1.165, 1.54) is 5.56 Å². The van der Waals surface area contributed by atoms with Gasteiger partial charge in [-0.2, -0.15) is 0 Å². The first kappa shape index (κ1) is 14.1. The van der Waals surface area contributed by atoms with Gasteiger partial charge in [-0.3, -0.25) is 0 Å². The van der Waals surface area contributed by atoms with Crippen molar-refractivity contribution >= 4 is 11.4 Å². The summed E-state index contributed by atoms with van der Waals surface area (Å²) in [6.45, 7) is 2.72. The third kappa shape index (κ3) is 2.79. The molecule has 1 atom stereocenters. The number of rotatable bonds is 2. The van der Waals surface area contributed by atoms with Crippen molar-refractivity contribution in [1.82, 2.24) is 0 Å². The molecule has 0 amide bonds. The molecule has 110 valence electrons. The first-order valence-corrected chi connectivity index (χ1v) is 7.57. The van der Waals surface area contributed by atoms with Crippen LogP contribution in [0.25, 0.3) is 0 Å². The number of aryl methyl sites for hydroxylation is 1. The van der Waals surface area contributed by atoms with Crippen molar-refractivity contribution in [3.63, 3.8) is 0 Å². The molecule has 0 bridgehead atoms. The zero-order chi connectivity index (χ0) is 14.8. The number of nitrogens with two attached hydrogens (primary N) is 1. The van der Waals surface area contributed by atoms with E-state index in [-0.39, 0.29) is 11.9 Å². The van der Waals surface area contributed by atoms with Crippen LogP contribution in [-0.4, -0.2) is 6.54 Å². The molecule has 3 heteroatoms. The van der Waals surface area contributed by atoms with Crippen LogP contribution in [0.5, 0.6) is 0 Å². The Morgan fingerprint density at radius 2 is 1.90 bits per heavy atom. The van der Waals surface area contributed by atoms with Gasteiger partial charge in [0.2, 0.25) is 0 Å². The highest BCUT2D eigenvalue weighted by atomic mass is 19.1. The van der Waals surface area contributed by atoms with Gasteiger partial charge in [-0.1, -0.05) is 24.3 Å². The molecule has 0 saturated carbocycles. The Bertz CT molecular complexity index is 637. The lowest BCUT2D eigenvalue weighted by atomic mass is 10.1. The Morgan fingerprint density at radius 1 is 1.10 bits per heavy atom. The molecule has 0 aliphatic carbocycles. The molecule has 1 aliphatic rings. The molecule has 2 N–H and O–H groups in total. The third-order valence-corrected chi connectivity index (χ3v) is 4.15. The van der Waals surface area contributed by atoms with E-state index < -0.39 is 0 Å². The molecule has 0 unspecified atom stereocenters. The summed E-state index contributed by atoms with van der Waals surface area (Å²) in [5, 5.41) is 0. The van der Waals surface area contributed by atoms with E-state index in [2.05, 4.69) is 23.1 Å². The van der Waals surface area contributed by atoms with Gasteiger partial charge in [0.1, 0.15) is 5.82 Å². The van der Waals surface area contributed by atoms with Crippen LogP contribution in [0.4, 0.5) is 15.8 Å². The molecule has 0 aromatic heterocycles. The molecule has 0 fully saturated rings. The Kier molecular flexibility index (Phi) is 3.93. The first-order valence-electron chi connectivity index (χ1n) is 7.57. The first-order chi connectivity index (χ1) is 10.2. The average Bonchev–Trinajstić information content (AvgIpc) is 2.69. The summed E-state index contributed by atoms with van der Waals surface area (Å²) in [7, 11) is 0. The molecule has 2 aromatic rings. The van der Waals surface area contributed by atoms with Crippen molar-refractivity contribution in [2.45, 2.75) is 32.2 Å². The predicted molar refractivity (Wildman–Crippen MR) is 85.4 cm³/mol. The summed E-state index contributed by atoms with van der Waals surface area (Å²) in [5.74, 6) is -0.193. The van der Waals surface area contributed by atoms with Gasteiger partial charge in [0, 0.05) is 18.3 Å². The molecule has 3 rings (SSSR count). The molecular formula is C18H21FN2. The number of para-hydroxylation sites is 1. The number of anilines is 2. The van der Waals surface area contributed by atoms with E-state index in [1.54, 1.807) is 6.07 Å². The lowest BCUT2D eigenvalue weighted by molar-refractivity contribution is 0.618. The highest BCUT2D eigenvalue weighted by Crippen LogP contribution is 2.34. The smallest absolute Gasteiger partial charge is 0.147 e. The second kappa shape index (κ2) is 5.86. The Hall–Kier alpha value is -1.87. The quantitative estimate of drug-likeness (QED) is 0.890. The van der Waals surface area contributed by atoms with Gasteiger partial charge in [0.25, 0.3) is 0 Å². The SMILES string of the molecule is C[C@@H](N)c1ccc(N2CCCCc3ccccc32)c(F)c1. The molecular weight excluding hydrogens is 263 g/mol. The van der Waals surface area contributed by atoms with Gasteiger partial charge >= 0.3 is 0 Å². The van der Waals surface area contributed by atoms with Crippen LogP contribution in [0.1, 0.15) is 36.9 Å². The molecule has 2 aromatic carbocycles. The van der Waals surface area contributed by atoms with Crippen molar-refractivity contribution in [1.29, 1.82) is 0 Å². The fourth-order valence-electron chi connectivity index (χ4n) is 2.97. The normalized spacial score (nSPS) is 16.2. The van der Waals surface area contributed by atoms with Crippen LogP contribution < -0.4 is 10.6 Å². The van der Waals surface area contributed by atoms with Crippen molar-refractivity contribution < 1.29 is 4.39 Å². The van der Waals surface area contributed by atoms with Gasteiger partial charge in [0.05, 0.1) is 5.69 Å². The lowest BCUT2D eigenvalue weighted by Gasteiger charge is -2.26. The number of halogens is 1. The third-order valence-electron chi connectivity index (χ3n) is 4.15. The minimum absolute atomic E-state index is 0.148. The Balaban J connectivity index is 2.04. The second-order valence-electron chi connectivity index (χ2n) is 5.74. The summed E-state index contributed by atoms with van der Waals surface area (Å²) < 4.78 is 14.5. The molecule has 2 nitrogen and oxygen atoms in total. The van der Waals surface area contributed by atoms with Gasteiger partial charge in [-0.05, 0) is 55.5 Å². The second-order valence-corrected chi connectivity index (χ2v) is 5.74. The Morgan fingerprint density at radius 3 is 2.67 bits per heavy atom. The summed E-state index contributed by atoms with van der Waals surface area (Å²) in [6.07, 6.45) is 3.28. The molecule has 0 spiro atoms. The zero-order valence-electron chi connectivity index (χ0n) is 12.3. The maximum absolute atomic E-state index is 14.5. The number of hydrogen-bond acceptors (Lipinski definition) is 2. The van der Waals surface area contributed by atoms with Gasteiger partial charge < -0.3 is 10.6 Å². The standard InChI is InChI=1S/C18H21FN2/c1-13(20)15-9-10-18(16(19)12-15)21-11-5-4-7-14-6-2-3-8-17(14)21/h2-3,6,8-10,12-13H,4-5,7,11,20H2,1H3/t13-/m1/s1. The fraction of sp³-hybridized carbons (Fsp3) is 0.333. The van der Waals surface area contributed by atoms with Crippen LogP contribution in [-0.2, 0) is 6.42 Å². The number of hydrogen-bond donors (Lipinski definition) is 1. The highest BCUT2D eigenvalue weighted by Gasteiger charge is 2.19. The van der Waals surface area contributed by atoms with Crippen LogP contribution in [0.15, 0.2) is 42.5 Å². The number of fused-ring (bicyclic) bond motifs is 1. The van der Waals surface area contributed by atoms with E-state index in [4.69, 9.17) is 5.73 Å². The van der Waals surface area contributed by atoms with Crippen LogP contribution in [0, 0.1) is 5.82 Å². The molecule has 0 saturated heterocycles. The zero-order valence-corrected chi connectivity index (χ0v) is 12.3. The minimum atomic E-state index is -0.193. The van der Waals surface area contributed by atoms with E-state index in [0.717, 1.165) is 37.1 Å². The number of nitrogens with zero attached hydrogens (tertiary/aromatic N) is 1. The predicted octanol–water partition coefficient (Wildman–Crippen LogP) is 4.32. The summed E-state index contributed by atoms with van der Waals surface area (Å²) in [4.78, 5) is 2.10. The van der Waals surface area contributed by atoms with Crippen molar-refractivity contribution in [3.8, 4) is 0 Å².